The van der Waals surface area contributed by atoms with E-state index >= 15 is 0 Å². The van der Waals surface area contributed by atoms with Crippen LogP contribution in [0.25, 0.3) is 10.9 Å². The van der Waals surface area contributed by atoms with Gasteiger partial charge >= 0.3 is 0 Å². The minimum atomic E-state index is -0.101. The molecule has 1 aliphatic heterocycles. The molecule has 1 N–H and O–H groups in total. The van der Waals surface area contributed by atoms with Gasteiger partial charge in [0.2, 0.25) is 11.8 Å². The van der Waals surface area contributed by atoms with Crippen LogP contribution in [-0.4, -0.2) is 66.5 Å². The second kappa shape index (κ2) is 8.36. The van der Waals surface area contributed by atoms with Crippen LogP contribution in [0.15, 0.2) is 36.5 Å². The van der Waals surface area contributed by atoms with Crippen molar-refractivity contribution in [1.82, 2.24) is 19.7 Å². The molecule has 2 amide bonds. The van der Waals surface area contributed by atoms with Crippen LogP contribution in [-0.2, 0) is 16.1 Å². The summed E-state index contributed by atoms with van der Waals surface area (Å²) in [7, 11) is 3.98. The highest BCUT2D eigenvalue weighted by atomic mass is 16.2. The number of aromatic nitrogens is 1. The summed E-state index contributed by atoms with van der Waals surface area (Å²) < 4.78 is 2.16. The topological polar surface area (TPSA) is 57.6 Å². The lowest BCUT2D eigenvalue weighted by atomic mass is 9.96. The Bertz CT molecular complexity index is 768. The van der Waals surface area contributed by atoms with Crippen LogP contribution in [0.1, 0.15) is 12.8 Å². The molecule has 0 bridgehead atoms. The van der Waals surface area contributed by atoms with E-state index in [2.05, 4.69) is 39.2 Å². The Kier molecular flexibility index (Phi) is 5.93. The molecule has 3 rings (SSSR count). The number of hydrogen-bond donors (Lipinski definition) is 1. The van der Waals surface area contributed by atoms with E-state index in [-0.39, 0.29) is 17.7 Å². The Balaban J connectivity index is 1.49. The second-order valence-electron chi connectivity index (χ2n) is 7.24. The molecule has 0 spiro atoms. The SMILES string of the molecule is CN(C)CCN1CC(C(=O)NCCn2ccc3ccccc32)CCC1=O. The van der Waals surface area contributed by atoms with Crippen LogP contribution in [0.3, 0.4) is 0 Å². The Morgan fingerprint density at radius 2 is 2.04 bits per heavy atom. The lowest BCUT2D eigenvalue weighted by Crippen LogP contribution is -2.47. The van der Waals surface area contributed by atoms with Gasteiger partial charge in [-0.15, -0.1) is 0 Å². The zero-order valence-corrected chi connectivity index (χ0v) is 15.6. The number of para-hydroxylation sites is 1. The maximum atomic E-state index is 12.5. The molecule has 1 atom stereocenters. The molecule has 2 heterocycles. The number of fused-ring (bicyclic) bond motifs is 1. The van der Waals surface area contributed by atoms with E-state index in [1.807, 2.05) is 31.1 Å². The van der Waals surface area contributed by atoms with E-state index in [0.717, 1.165) is 13.1 Å². The van der Waals surface area contributed by atoms with Crippen LogP contribution in [0.2, 0.25) is 0 Å². The summed E-state index contributed by atoms with van der Waals surface area (Å²) in [5.74, 6) is 0.120. The molecule has 1 unspecified atom stereocenters. The minimum Gasteiger partial charge on any atom is -0.354 e. The molecular weight excluding hydrogens is 328 g/mol. The van der Waals surface area contributed by atoms with Gasteiger partial charge in [-0.1, -0.05) is 18.2 Å². The lowest BCUT2D eigenvalue weighted by molar-refractivity contribution is -0.138. The van der Waals surface area contributed by atoms with Gasteiger partial charge in [-0.05, 0) is 38.0 Å². The van der Waals surface area contributed by atoms with Crippen molar-refractivity contribution in [3.05, 3.63) is 36.5 Å². The number of piperidine rings is 1. The van der Waals surface area contributed by atoms with E-state index in [1.165, 1.54) is 10.9 Å². The smallest absolute Gasteiger partial charge is 0.224 e. The first-order valence-electron chi connectivity index (χ1n) is 9.28. The fourth-order valence-electron chi connectivity index (χ4n) is 3.45. The van der Waals surface area contributed by atoms with E-state index < -0.39 is 0 Å². The lowest BCUT2D eigenvalue weighted by Gasteiger charge is -2.32. The molecular formula is C20H28N4O2. The molecule has 6 nitrogen and oxygen atoms in total. The summed E-state index contributed by atoms with van der Waals surface area (Å²) in [6, 6.07) is 10.3. The summed E-state index contributed by atoms with van der Waals surface area (Å²) in [5, 5.41) is 4.26. The number of rotatable bonds is 7. The first kappa shape index (κ1) is 18.5. The van der Waals surface area contributed by atoms with Crippen molar-refractivity contribution in [2.75, 3.05) is 40.3 Å². The van der Waals surface area contributed by atoms with Gasteiger partial charge in [0.15, 0.2) is 0 Å². The van der Waals surface area contributed by atoms with E-state index in [1.54, 1.807) is 0 Å². The number of likely N-dealkylation sites (tertiary alicyclic amines) is 1. The van der Waals surface area contributed by atoms with Crippen molar-refractivity contribution in [3.8, 4) is 0 Å². The van der Waals surface area contributed by atoms with Crippen molar-refractivity contribution in [2.24, 2.45) is 5.92 Å². The maximum Gasteiger partial charge on any atom is 0.224 e. The van der Waals surface area contributed by atoms with Gasteiger partial charge in [0.05, 0.1) is 5.92 Å². The van der Waals surface area contributed by atoms with Crippen molar-refractivity contribution >= 4 is 22.7 Å². The fraction of sp³-hybridized carbons (Fsp3) is 0.500. The number of carbonyl (C=O) groups is 2. The number of nitrogens with zero attached hydrogens (tertiary/aromatic N) is 3. The Morgan fingerprint density at radius 1 is 1.23 bits per heavy atom. The third-order valence-corrected chi connectivity index (χ3v) is 5.02. The molecule has 0 saturated carbocycles. The molecule has 0 aliphatic carbocycles. The Labute approximate surface area is 154 Å². The maximum absolute atomic E-state index is 12.5. The number of carbonyl (C=O) groups excluding carboxylic acids is 2. The molecule has 1 aromatic carbocycles. The number of amides is 2. The monoisotopic (exact) mass is 356 g/mol. The molecule has 26 heavy (non-hydrogen) atoms. The zero-order valence-electron chi connectivity index (χ0n) is 15.6. The third-order valence-electron chi connectivity index (χ3n) is 5.02. The standard InChI is InChI=1S/C20H28N4O2/c1-22(2)13-14-24-15-17(7-8-19(24)25)20(26)21-10-12-23-11-9-16-5-3-4-6-18(16)23/h3-6,9,11,17H,7-8,10,12-15H2,1-2H3,(H,21,26). The average Bonchev–Trinajstić information content (AvgIpc) is 3.04. The van der Waals surface area contributed by atoms with Gasteiger partial charge in [0.1, 0.15) is 0 Å². The predicted molar refractivity (Wildman–Crippen MR) is 103 cm³/mol. The van der Waals surface area contributed by atoms with Crippen LogP contribution in [0.5, 0.6) is 0 Å². The van der Waals surface area contributed by atoms with Crippen molar-refractivity contribution in [1.29, 1.82) is 0 Å². The number of benzene rings is 1. The van der Waals surface area contributed by atoms with Crippen LogP contribution in [0.4, 0.5) is 0 Å². The van der Waals surface area contributed by atoms with Crippen molar-refractivity contribution in [3.63, 3.8) is 0 Å². The van der Waals surface area contributed by atoms with E-state index in [0.29, 0.717) is 32.5 Å². The van der Waals surface area contributed by atoms with Gasteiger partial charge < -0.3 is 19.7 Å². The predicted octanol–water partition coefficient (Wildman–Crippen LogP) is 1.56. The first-order valence-corrected chi connectivity index (χ1v) is 9.28. The summed E-state index contributed by atoms with van der Waals surface area (Å²) in [6.07, 6.45) is 3.17. The normalized spacial score (nSPS) is 17.9. The van der Waals surface area contributed by atoms with Crippen LogP contribution in [0, 0.1) is 5.92 Å². The van der Waals surface area contributed by atoms with Crippen molar-refractivity contribution < 1.29 is 9.59 Å². The van der Waals surface area contributed by atoms with Gasteiger partial charge in [0.25, 0.3) is 0 Å². The number of hydrogen-bond acceptors (Lipinski definition) is 3. The molecule has 2 aromatic rings. The highest BCUT2D eigenvalue weighted by molar-refractivity contribution is 5.84. The van der Waals surface area contributed by atoms with Crippen LogP contribution >= 0.6 is 0 Å². The largest absolute Gasteiger partial charge is 0.354 e. The van der Waals surface area contributed by atoms with E-state index in [9.17, 15) is 9.59 Å². The molecule has 1 fully saturated rings. The van der Waals surface area contributed by atoms with E-state index in [4.69, 9.17) is 0 Å². The number of nitrogens with one attached hydrogen (secondary N) is 1. The van der Waals surface area contributed by atoms with Gasteiger partial charge in [-0.3, -0.25) is 9.59 Å². The molecule has 1 saturated heterocycles. The minimum absolute atomic E-state index is 0.0591. The summed E-state index contributed by atoms with van der Waals surface area (Å²) in [6.45, 7) is 3.38. The Morgan fingerprint density at radius 3 is 2.85 bits per heavy atom. The van der Waals surface area contributed by atoms with Crippen molar-refractivity contribution in [2.45, 2.75) is 19.4 Å². The molecule has 1 aromatic heterocycles. The number of likely N-dealkylation sites (N-methyl/N-ethyl adjacent to an activating group) is 1. The third kappa shape index (κ3) is 4.43. The summed E-state index contributed by atoms with van der Waals surface area (Å²) >= 11 is 0. The molecule has 6 heteroatoms. The summed E-state index contributed by atoms with van der Waals surface area (Å²) in [4.78, 5) is 28.4. The fourth-order valence-corrected chi connectivity index (χ4v) is 3.45. The average molecular weight is 356 g/mol. The zero-order chi connectivity index (χ0) is 18.5. The molecule has 140 valence electrons. The van der Waals surface area contributed by atoms with Gasteiger partial charge in [-0.2, -0.15) is 0 Å². The molecule has 0 radical (unpaired) electrons. The first-order chi connectivity index (χ1) is 12.5. The summed E-state index contributed by atoms with van der Waals surface area (Å²) in [5.41, 5.74) is 1.18. The highest BCUT2D eigenvalue weighted by Gasteiger charge is 2.29. The highest BCUT2D eigenvalue weighted by Crippen LogP contribution is 2.18. The molecule has 1 aliphatic rings. The Hall–Kier alpha value is -2.34. The van der Waals surface area contributed by atoms with Crippen LogP contribution < -0.4 is 5.32 Å². The van der Waals surface area contributed by atoms with Gasteiger partial charge in [0, 0.05) is 50.9 Å². The quantitative estimate of drug-likeness (QED) is 0.819. The van der Waals surface area contributed by atoms with Gasteiger partial charge in [-0.25, -0.2) is 0 Å². The second-order valence-corrected chi connectivity index (χ2v) is 7.24.